The van der Waals surface area contributed by atoms with E-state index in [0.29, 0.717) is 24.5 Å². The Morgan fingerprint density at radius 3 is 2.42 bits per heavy atom. The lowest BCUT2D eigenvalue weighted by Crippen LogP contribution is -2.32. The van der Waals surface area contributed by atoms with Crippen molar-refractivity contribution in [1.29, 1.82) is 0 Å². The van der Waals surface area contributed by atoms with Crippen LogP contribution in [-0.2, 0) is 11.3 Å². The molecule has 33 heavy (non-hydrogen) atoms. The Bertz CT molecular complexity index is 975. The molecular weight excluding hydrogens is 426 g/mol. The number of nitrogens with zero attached hydrogens (tertiary/aromatic N) is 4. The summed E-state index contributed by atoms with van der Waals surface area (Å²) in [6.07, 6.45) is 4.33. The van der Waals surface area contributed by atoms with E-state index in [1.54, 1.807) is 11.6 Å². The summed E-state index contributed by atoms with van der Waals surface area (Å²) in [5.41, 5.74) is 10.0. The van der Waals surface area contributed by atoms with Crippen molar-refractivity contribution in [2.45, 2.75) is 26.3 Å². The van der Waals surface area contributed by atoms with Crippen LogP contribution in [0.1, 0.15) is 30.9 Å². The van der Waals surface area contributed by atoms with Crippen LogP contribution in [0.5, 0.6) is 0 Å². The van der Waals surface area contributed by atoms with Gasteiger partial charge in [-0.05, 0) is 42.3 Å². The van der Waals surface area contributed by atoms with E-state index in [1.807, 2.05) is 24.3 Å². The monoisotopic (exact) mass is 455 g/mol. The van der Waals surface area contributed by atoms with Gasteiger partial charge in [0.1, 0.15) is 5.84 Å². The third kappa shape index (κ3) is 8.69. The van der Waals surface area contributed by atoms with Gasteiger partial charge in [-0.25, -0.2) is 11.3 Å². The van der Waals surface area contributed by atoms with Gasteiger partial charge in [0, 0.05) is 37.7 Å². The molecule has 11 nitrogen and oxygen atoms in total. The molecule has 0 bridgehead atoms. The summed E-state index contributed by atoms with van der Waals surface area (Å²) in [7, 11) is 0. The topological polar surface area (TPSA) is 163 Å². The Hall–Kier alpha value is -3.80. The molecule has 2 aromatic rings. The number of hydrogen-bond acceptors (Lipinski definition) is 8. The van der Waals surface area contributed by atoms with Crippen molar-refractivity contribution in [1.82, 2.24) is 10.4 Å². The van der Waals surface area contributed by atoms with E-state index in [9.17, 15) is 14.9 Å². The van der Waals surface area contributed by atoms with Gasteiger partial charge in [0.25, 0.3) is 11.6 Å². The first-order valence-electron chi connectivity index (χ1n) is 10.4. The number of non-ortho nitro benzene ring substituents is 1. The molecule has 0 aliphatic heterocycles. The fourth-order valence-electron chi connectivity index (χ4n) is 3.03. The highest BCUT2D eigenvalue weighted by atomic mass is 16.6. The van der Waals surface area contributed by atoms with Gasteiger partial charge in [0.05, 0.1) is 10.6 Å². The minimum Gasteiger partial charge on any atom is -0.386 e. The molecule has 0 unspecified atom stereocenters. The molecule has 0 fully saturated rings. The third-order valence-electron chi connectivity index (χ3n) is 4.71. The molecule has 1 amide bonds. The summed E-state index contributed by atoms with van der Waals surface area (Å²) in [5, 5.41) is 24.6. The molecule has 0 aliphatic rings. The zero-order valence-corrected chi connectivity index (χ0v) is 18.4. The normalized spacial score (nSPS) is 11.7. The van der Waals surface area contributed by atoms with Crippen LogP contribution in [-0.4, -0.2) is 39.9 Å². The quantitative estimate of drug-likeness (QED) is 0.0720. The van der Waals surface area contributed by atoms with Gasteiger partial charge in [-0.3, -0.25) is 25.0 Å². The van der Waals surface area contributed by atoms with E-state index in [1.165, 1.54) is 30.3 Å². The van der Waals surface area contributed by atoms with Crippen LogP contribution in [0.15, 0.2) is 59.7 Å². The average Bonchev–Trinajstić information content (AvgIpc) is 2.82. The van der Waals surface area contributed by atoms with Crippen LogP contribution in [0.25, 0.3) is 6.08 Å². The fourth-order valence-corrected chi connectivity index (χ4v) is 3.03. The first kappa shape index (κ1) is 25.5. The number of carbonyl (C=O) groups is 1. The first-order valence-corrected chi connectivity index (χ1v) is 10.4. The lowest BCUT2D eigenvalue weighted by atomic mass is 10.1. The van der Waals surface area contributed by atoms with E-state index in [-0.39, 0.29) is 5.69 Å². The van der Waals surface area contributed by atoms with Crippen molar-refractivity contribution in [2.75, 3.05) is 18.2 Å². The van der Waals surface area contributed by atoms with Crippen molar-refractivity contribution in [2.24, 2.45) is 16.7 Å². The standard InChI is InChI=1S/C22H29N7O4/c1-2-14-27(16-18-5-3-17(4-6-18)7-12-22(30)26-31)15-13-21(23)25-28(24)19-8-10-20(11-9-19)29(32)33/h3-12,31H,2,13-16,24H2,1H3,(H2,23,25)(H,26,30)/b12-7+. The molecule has 0 aromatic heterocycles. The summed E-state index contributed by atoms with van der Waals surface area (Å²) in [4.78, 5) is 23.6. The molecule has 2 aromatic carbocycles. The minimum absolute atomic E-state index is 0.0287. The Morgan fingerprint density at radius 2 is 1.85 bits per heavy atom. The summed E-state index contributed by atoms with van der Waals surface area (Å²) in [5.74, 6) is 5.68. The fraction of sp³-hybridized carbons (Fsp3) is 0.273. The summed E-state index contributed by atoms with van der Waals surface area (Å²) in [6.45, 7) is 4.37. The zero-order valence-electron chi connectivity index (χ0n) is 18.4. The number of benzene rings is 2. The highest BCUT2D eigenvalue weighted by Crippen LogP contribution is 2.17. The lowest BCUT2D eigenvalue weighted by molar-refractivity contribution is -0.384. The highest BCUT2D eigenvalue weighted by Gasteiger charge is 2.09. The number of amidine groups is 1. The number of nitro groups is 1. The first-order chi connectivity index (χ1) is 15.8. The van der Waals surface area contributed by atoms with Gasteiger partial charge in [-0.2, -0.15) is 5.12 Å². The van der Waals surface area contributed by atoms with Crippen LogP contribution in [0.3, 0.4) is 0 Å². The number of hydrazone groups is 1. The van der Waals surface area contributed by atoms with E-state index >= 15 is 0 Å². The maximum Gasteiger partial charge on any atom is 0.269 e. The molecule has 0 saturated heterocycles. The number of hydrogen-bond donors (Lipinski definition) is 4. The highest BCUT2D eigenvalue weighted by molar-refractivity contribution is 5.90. The molecule has 0 radical (unpaired) electrons. The van der Waals surface area contributed by atoms with E-state index in [4.69, 9.17) is 16.8 Å². The van der Waals surface area contributed by atoms with Gasteiger partial charge in [-0.15, -0.1) is 5.10 Å². The summed E-state index contributed by atoms with van der Waals surface area (Å²) in [6, 6.07) is 13.5. The van der Waals surface area contributed by atoms with Crippen molar-refractivity contribution in [3.63, 3.8) is 0 Å². The second kappa shape index (κ2) is 12.9. The average molecular weight is 456 g/mol. The molecule has 6 N–H and O–H groups in total. The molecular formula is C22H29N7O4. The molecule has 2 rings (SSSR count). The van der Waals surface area contributed by atoms with E-state index < -0.39 is 10.8 Å². The number of rotatable bonds is 12. The molecule has 0 atom stereocenters. The van der Waals surface area contributed by atoms with Gasteiger partial charge in [0.2, 0.25) is 0 Å². The van der Waals surface area contributed by atoms with E-state index in [2.05, 4.69) is 16.9 Å². The van der Waals surface area contributed by atoms with Crippen molar-refractivity contribution >= 4 is 29.2 Å². The molecule has 0 aliphatic carbocycles. The number of anilines is 1. The Kier molecular flexibility index (Phi) is 9.96. The number of hydroxylamine groups is 1. The summed E-state index contributed by atoms with van der Waals surface area (Å²) < 4.78 is 0. The van der Waals surface area contributed by atoms with Crippen LogP contribution >= 0.6 is 0 Å². The minimum atomic E-state index is -0.586. The number of amides is 1. The lowest BCUT2D eigenvalue weighted by Gasteiger charge is -2.22. The van der Waals surface area contributed by atoms with Crippen LogP contribution in [0.4, 0.5) is 11.4 Å². The maximum atomic E-state index is 11.1. The van der Waals surface area contributed by atoms with Crippen LogP contribution < -0.4 is 22.2 Å². The zero-order chi connectivity index (χ0) is 24.2. The predicted octanol–water partition coefficient (Wildman–Crippen LogP) is 2.37. The van der Waals surface area contributed by atoms with Crippen molar-refractivity contribution in [3.05, 3.63) is 75.8 Å². The number of nitrogens with one attached hydrogen (secondary N) is 1. The molecule has 0 heterocycles. The SMILES string of the molecule is CCCN(CC/C(N)=N/N(N)c1ccc([N+](=O)[O-])cc1)Cc1ccc(/C=C/C(=O)NO)cc1. The Morgan fingerprint density at radius 1 is 1.18 bits per heavy atom. The van der Waals surface area contributed by atoms with Gasteiger partial charge in [-0.1, -0.05) is 31.2 Å². The van der Waals surface area contributed by atoms with Crippen molar-refractivity contribution < 1.29 is 14.9 Å². The Labute approximate surface area is 192 Å². The predicted molar refractivity (Wildman–Crippen MR) is 127 cm³/mol. The largest absolute Gasteiger partial charge is 0.386 e. The number of nitrogens with two attached hydrogens (primary N) is 2. The van der Waals surface area contributed by atoms with Gasteiger partial charge >= 0.3 is 0 Å². The maximum absolute atomic E-state index is 11.1. The Balaban J connectivity index is 1.93. The van der Waals surface area contributed by atoms with Gasteiger partial charge < -0.3 is 5.73 Å². The van der Waals surface area contributed by atoms with Crippen LogP contribution in [0, 0.1) is 10.1 Å². The van der Waals surface area contributed by atoms with Crippen LogP contribution in [0.2, 0.25) is 0 Å². The number of hydrazine groups is 1. The molecule has 176 valence electrons. The van der Waals surface area contributed by atoms with Crippen molar-refractivity contribution in [3.8, 4) is 0 Å². The molecule has 0 saturated carbocycles. The smallest absolute Gasteiger partial charge is 0.269 e. The number of carbonyl (C=O) groups excluding carboxylic acids is 1. The van der Waals surface area contributed by atoms with E-state index in [0.717, 1.165) is 35.8 Å². The third-order valence-corrected chi connectivity index (χ3v) is 4.71. The van der Waals surface area contributed by atoms with Gasteiger partial charge in [0.15, 0.2) is 0 Å². The second-order valence-electron chi connectivity index (χ2n) is 7.29. The molecule has 0 spiro atoms. The second-order valence-corrected chi connectivity index (χ2v) is 7.29. The number of nitro benzene ring substituents is 1. The summed E-state index contributed by atoms with van der Waals surface area (Å²) >= 11 is 0. The molecule has 11 heteroatoms.